The molecule has 22 heavy (non-hydrogen) atoms. The van der Waals surface area contributed by atoms with Crippen molar-refractivity contribution in [2.75, 3.05) is 19.6 Å². The van der Waals surface area contributed by atoms with Crippen LogP contribution >= 0.6 is 0 Å². The van der Waals surface area contributed by atoms with E-state index in [1.165, 1.54) is 11.0 Å². The Balaban J connectivity index is 1.73. The van der Waals surface area contributed by atoms with Gasteiger partial charge >= 0.3 is 0 Å². The zero-order valence-electron chi connectivity index (χ0n) is 12.6. The van der Waals surface area contributed by atoms with Gasteiger partial charge in [-0.25, -0.2) is 0 Å². The Morgan fingerprint density at radius 1 is 1.36 bits per heavy atom. The number of nitrogens with zero attached hydrogens (tertiary/aromatic N) is 4. The molecule has 1 amide bonds. The summed E-state index contributed by atoms with van der Waals surface area (Å²) in [5.74, 6) is -0.0918. The zero-order valence-corrected chi connectivity index (χ0v) is 12.6. The van der Waals surface area contributed by atoms with Crippen LogP contribution in [0.3, 0.4) is 0 Å². The highest BCUT2D eigenvalue weighted by molar-refractivity contribution is 5.97. The van der Waals surface area contributed by atoms with E-state index in [2.05, 4.69) is 33.1 Å². The second-order valence-electron chi connectivity index (χ2n) is 6.01. The van der Waals surface area contributed by atoms with Gasteiger partial charge in [-0.3, -0.25) is 4.79 Å². The van der Waals surface area contributed by atoms with E-state index in [9.17, 15) is 4.79 Å². The third-order valence-electron chi connectivity index (χ3n) is 4.23. The number of hydrogen-bond donors (Lipinski definition) is 2. The summed E-state index contributed by atoms with van der Waals surface area (Å²) < 4.78 is 1.50. The molecule has 2 heterocycles. The normalized spacial score (nSPS) is 17.1. The van der Waals surface area contributed by atoms with Gasteiger partial charge in [0.15, 0.2) is 0 Å². The number of tetrazole rings is 1. The zero-order chi connectivity index (χ0) is 15.4. The van der Waals surface area contributed by atoms with E-state index in [1.54, 1.807) is 6.07 Å². The highest BCUT2D eigenvalue weighted by Crippen LogP contribution is 2.26. The van der Waals surface area contributed by atoms with E-state index in [4.69, 9.17) is 0 Å². The van der Waals surface area contributed by atoms with Crippen LogP contribution in [-0.2, 0) is 0 Å². The molecule has 1 aliphatic rings. The van der Waals surface area contributed by atoms with Crippen molar-refractivity contribution in [3.63, 3.8) is 0 Å². The van der Waals surface area contributed by atoms with Crippen LogP contribution in [0, 0.1) is 5.41 Å². The van der Waals surface area contributed by atoms with E-state index in [-0.39, 0.29) is 11.3 Å². The Labute approximate surface area is 129 Å². The maximum atomic E-state index is 12.5. The summed E-state index contributed by atoms with van der Waals surface area (Å²) in [7, 11) is 0. The van der Waals surface area contributed by atoms with Crippen LogP contribution in [0.4, 0.5) is 0 Å². The first kappa shape index (κ1) is 14.6. The smallest absolute Gasteiger partial charge is 0.253 e. The lowest BCUT2D eigenvalue weighted by molar-refractivity contribution is 0.0922. The summed E-state index contributed by atoms with van der Waals surface area (Å²) in [5, 5.41) is 17.5. The fourth-order valence-electron chi connectivity index (χ4n) is 2.73. The molecule has 0 atom stereocenters. The van der Waals surface area contributed by atoms with Crippen molar-refractivity contribution in [2.24, 2.45) is 5.41 Å². The minimum atomic E-state index is -0.0918. The second kappa shape index (κ2) is 6.23. The number of para-hydroxylation sites is 1. The van der Waals surface area contributed by atoms with Crippen molar-refractivity contribution in [1.29, 1.82) is 0 Å². The number of piperidine rings is 1. The largest absolute Gasteiger partial charge is 0.351 e. The molecule has 1 saturated heterocycles. The Bertz CT molecular complexity index is 633. The first-order valence-corrected chi connectivity index (χ1v) is 7.49. The molecule has 1 aliphatic heterocycles. The Morgan fingerprint density at radius 2 is 2.14 bits per heavy atom. The molecular formula is C15H20N6O. The summed E-state index contributed by atoms with van der Waals surface area (Å²) in [6.45, 7) is 4.92. The molecule has 0 aliphatic carbocycles. The summed E-state index contributed by atoms with van der Waals surface area (Å²) >= 11 is 0. The summed E-state index contributed by atoms with van der Waals surface area (Å²) in [6.07, 6.45) is 3.63. The van der Waals surface area contributed by atoms with Gasteiger partial charge in [-0.1, -0.05) is 19.1 Å². The van der Waals surface area contributed by atoms with Crippen LogP contribution in [0.5, 0.6) is 0 Å². The Kier molecular flexibility index (Phi) is 4.15. The molecule has 116 valence electrons. The number of rotatable bonds is 4. The number of benzene rings is 1. The van der Waals surface area contributed by atoms with Crippen LogP contribution in [-0.4, -0.2) is 45.7 Å². The van der Waals surface area contributed by atoms with Gasteiger partial charge in [0.25, 0.3) is 5.91 Å². The fraction of sp³-hybridized carbons (Fsp3) is 0.467. The molecule has 7 heteroatoms. The van der Waals surface area contributed by atoms with Gasteiger partial charge in [0.05, 0.1) is 11.3 Å². The van der Waals surface area contributed by atoms with Gasteiger partial charge in [0, 0.05) is 6.54 Å². The van der Waals surface area contributed by atoms with E-state index < -0.39 is 0 Å². The van der Waals surface area contributed by atoms with Crippen molar-refractivity contribution in [3.8, 4) is 5.69 Å². The SMILES string of the molecule is CC1(CNC(=O)c2ccccc2-n2cnnn2)CCNCC1. The molecule has 1 aromatic carbocycles. The van der Waals surface area contributed by atoms with Crippen molar-refractivity contribution in [2.45, 2.75) is 19.8 Å². The molecule has 0 unspecified atom stereocenters. The molecule has 0 bridgehead atoms. The maximum absolute atomic E-state index is 12.5. The van der Waals surface area contributed by atoms with Crippen LogP contribution in [0.1, 0.15) is 30.1 Å². The van der Waals surface area contributed by atoms with Gasteiger partial charge in [-0.2, -0.15) is 4.68 Å². The van der Waals surface area contributed by atoms with Gasteiger partial charge < -0.3 is 10.6 Å². The van der Waals surface area contributed by atoms with E-state index >= 15 is 0 Å². The van der Waals surface area contributed by atoms with Crippen LogP contribution in [0.15, 0.2) is 30.6 Å². The third kappa shape index (κ3) is 3.14. The first-order valence-electron chi connectivity index (χ1n) is 7.49. The third-order valence-corrected chi connectivity index (χ3v) is 4.23. The minimum Gasteiger partial charge on any atom is -0.351 e. The van der Waals surface area contributed by atoms with Crippen molar-refractivity contribution >= 4 is 5.91 Å². The molecule has 0 spiro atoms. The molecule has 1 fully saturated rings. The monoisotopic (exact) mass is 300 g/mol. The summed E-state index contributed by atoms with van der Waals surface area (Å²) in [5.41, 5.74) is 1.41. The molecule has 3 rings (SSSR count). The average Bonchev–Trinajstić information content (AvgIpc) is 3.08. The second-order valence-corrected chi connectivity index (χ2v) is 6.01. The van der Waals surface area contributed by atoms with Crippen LogP contribution in [0.25, 0.3) is 5.69 Å². The predicted octanol–water partition coefficient (Wildman–Crippen LogP) is 0.782. The number of nitrogens with one attached hydrogen (secondary N) is 2. The van der Waals surface area contributed by atoms with Gasteiger partial charge in [-0.05, 0) is 53.9 Å². The lowest BCUT2D eigenvalue weighted by Gasteiger charge is -2.34. The molecule has 0 saturated carbocycles. The number of carbonyl (C=O) groups excluding carboxylic acids is 1. The standard InChI is InChI=1S/C15H20N6O/c1-15(6-8-16-9-7-15)10-17-14(22)12-4-2-3-5-13(12)21-11-18-19-20-21/h2-5,11,16H,6-10H2,1H3,(H,17,22). The molecule has 2 aromatic rings. The summed E-state index contributed by atoms with van der Waals surface area (Å²) in [6, 6.07) is 7.32. The number of hydrogen-bond acceptors (Lipinski definition) is 5. The van der Waals surface area contributed by atoms with Gasteiger partial charge in [0.1, 0.15) is 6.33 Å². The lowest BCUT2D eigenvalue weighted by atomic mass is 9.81. The van der Waals surface area contributed by atoms with E-state index in [1.807, 2.05) is 18.2 Å². The first-order chi connectivity index (χ1) is 10.7. The molecule has 1 aromatic heterocycles. The number of carbonyl (C=O) groups is 1. The average molecular weight is 300 g/mol. The van der Waals surface area contributed by atoms with Crippen molar-refractivity contribution < 1.29 is 4.79 Å². The molecule has 2 N–H and O–H groups in total. The number of aromatic nitrogens is 4. The minimum absolute atomic E-state index is 0.0918. The Morgan fingerprint density at radius 3 is 2.86 bits per heavy atom. The molecular weight excluding hydrogens is 280 g/mol. The topological polar surface area (TPSA) is 84.7 Å². The van der Waals surface area contributed by atoms with Gasteiger partial charge in [-0.15, -0.1) is 5.10 Å². The van der Waals surface area contributed by atoms with E-state index in [0.29, 0.717) is 17.8 Å². The van der Waals surface area contributed by atoms with Gasteiger partial charge in [0.2, 0.25) is 0 Å². The van der Waals surface area contributed by atoms with Crippen LogP contribution in [0.2, 0.25) is 0 Å². The summed E-state index contributed by atoms with van der Waals surface area (Å²) in [4.78, 5) is 12.5. The number of amides is 1. The molecule has 0 radical (unpaired) electrons. The highest BCUT2D eigenvalue weighted by atomic mass is 16.1. The molecule has 7 nitrogen and oxygen atoms in total. The van der Waals surface area contributed by atoms with Crippen molar-refractivity contribution in [3.05, 3.63) is 36.2 Å². The van der Waals surface area contributed by atoms with Crippen LogP contribution < -0.4 is 10.6 Å². The Hall–Kier alpha value is -2.28. The predicted molar refractivity (Wildman–Crippen MR) is 81.7 cm³/mol. The quantitative estimate of drug-likeness (QED) is 0.871. The highest BCUT2D eigenvalue weighted by Gasteiger charge is 2.27. The van der Waals surface area contributed by atoms with Crippen molar-refractivity contribution in [1.82, 2.24) is 30.8 Å². The van der Waals surface area contributed by atoms with E-state index in [0.717, 1.165) is 25.9 Å². The maximum Gasteiger partial charge on any atom is 0.253 e. The lowest BCUT2D eigenvalue weighted by Crippen LogP contribution is -2.43. The fourth-order valence-corrected chi connectivity index (χ4v) is 2.73.